The Bertz CT molecular complexity index is 703. The molecule has 0 N–H and O–H groups in total. The van der Waals surface area contributed by atoms with Crippen LogP contribution in [0.25, 0.3) is 11.0 Å². The Balaban J connectivity index is 1.91. The molecule has 0 unspecified atom stereocenters. The molecule has 0 amide bonds. The first-order valence-corrected chi connectivity index (χ1v) is 6.40. The van der Waals surface area contributed by atoms with Crippen LogP contribution in [0.2, 0.25) is 0 Å². The molecule has 0 spiro atoms. The monoisotopic (exact) mass is 255 g/mol. The average Bonchev–Trinajstić information content (AvgIpc) is 2.97. The third-order valence-electron chi connectivity index (χ3n) is 3.25. The fourth-order valence-corrected chi connectivity index (χ4v) is 2.04. The molecular formula is C15H17N3O. The lowest BCUT2D eigenvalue weighted by Crippen LogP contribution is -2.09. The normalized spacial score (nSPS) is 12.2. The molecule has 0 saturated heterocycles. The van der Waals surface area contributed by atoms with Crippen LogP contribution in [-0.2, 0) is 12.0 Å². The molecule has 0 aliphatic rings. The van der Waals surface area contributed by atoms with E-state index in [0.29, 0.717) is 6.54 Å². The Morgan fingerprint density at radius 2 is 2.00 bits per heavy atom. The molecule has 1 aromatic carbocycles. The number of furan rings is 1. The molecule has 4 nitrogen and oxygen atoms in total. The zero-order valence-electron chi connectivity index (χ0n) is 11.4. The Morgan fingerprint density at radius 1 is 1.21 bits per heavy atom. The molecule has 0 fully saturated rings. The topological polar surface area (TPSA) is 43.9 Å². The summed E-state index contributed by atoms with van der Waals surface area (Å²) in [5.41, 5.74) is 3.24. The van der Waals surface area contributed by atoms with E-state index < -0.39 is 0 Å². The molecule has 3 aromatic rings. The summed E-state index contributed by atoms with van der Waals surface area (Å²) in [5, 5.41) is 8.31. The molecular weight excluding hydrogens is 238 g/mol. The lowest BCUT2D eigenvalue weighted by atomic mass is 9.89. The molecule has 4 heteroatoms. The second-order valence-electron chi connectivity index (χ2n) is 5.79. The summed E-state index contributed by atoms with van der Waals surface area (Å²) in [6.07, 6.45) is 1.83. The highest BCUT2D eigenvalue weighted by Crippen LogP contribution is 2.24. The van der Waals surface area contributed by atoms with Gasteiger partial charge in [-0.05, 0) is 29.2 Å². The lowest BCUT2D eigenvalue weighted by molar-refractivity contribution is 0.473. The van der Waals surface area contributed by atoms with E-state index in [0.717, 1.165) is 16.8 Å². The second-order valence-corrected chi connectivity index (χ2v) is 5.79. The van der Waals surface area contributed by atoms with E-state index in [9.17, 15) is 0 Å². The van der Waals surface area contributed by atoms with Crippen molar-refractivity contribution >= 4 is 11.0 Å². The van der Waals surface area contributed by atoms with Crippen LogP contribution in [0.5, 0.6) is 0 Å². The molecule has 3 rings (SSSR count). The van der Waals surface area contributed by atoms with Crippen molar-refractivity contribution in [2.45, 2.75) is 32.7 Å². The first-order chi connectivity index (χ1) is 9.04. The van der Waals surface area contributed by atoms with Gasteiger partial charge in [0, 0.05) is 0 Å². The fourth-order valence-electron chi connectivity index (χ4n) is 2.04. The number of benzene rings is 1. The van der Waals surface area contributed by atoms with E-state index in [1.807, 2.05) is 35.2 Å². The molecule has 2 aromatic heterocycles. The van der Waals surface area contributed by atoms with Gasteiger partial charge in [0.25, 0.3) is 0 Å². The Labute approximate surface area is 112 Å². The van der Waals surface area contributed by atoms with Crippen molar-refractivity contribution in [3.05, 3.63) is 47.9 Å². The number of hydrogen-bond donors (Lipinski definition) is 0. The number of nitrogens with zero attached hydrogens (tertiary/aromatic N) is 3. The SMILES string of the molecule is CC(C)(C)c1coc(Cn2nnc3ccccc32)c1. The maximum absolute atomic E-state index is 5.62. The second kappa shape index (κ2) is 4.23. The fraction of sp³-hybridized carbons (Fsp3) is 0.333. The smallest absolute Gasteiger partial charge is 0.125 e. The van der Waals surface area contributed by atoms with Gasteiger partial charge in [0.15, 0.2) is 0 Å². The first kappa shape index (κ1) is 12.0. The highest BCUT2D eigenvalue weighted by Gasteiger charge is 2.17. The van der Waals surface area contributed by atoms with Gasteiger partial charge in [0.1, 0.15) is 17.8 Å². The predicted molar refractivity (Wildman–Crippen MR) is 74.0 cm³/mol. The Morgan fingerprint density at radius 3 is 2.74 bits per heavy atom. The van der Waals surface area contributed by atoms with Gasteiger partial charge in [-0.3, -0.25) is 0 Å². The van der Waals surface area contributed by atoms with Crippen LogP contribution in [0, 0.1) is 0 Å². The van der Waals surface area contributed by atoms with Crippen molar-refractivity contribution in [3.63, 3.8) is 0 Å². The van der Waals surface area contributed by atoms with Gasteiger partial charge in [0.2, 0.25) is 0 Å². The first-order valence-electron chi connectivity index (χ1n) is 6.40. The quantitative estimate of drug-likeness (QED) is 0.705. The summed E-state index contributed by atoms with van der Waals surface area (Å²) in [4.78, 5) is 0. The van der Waals surface area contributed by atoms with Gasteiger partial charge >= 0.3 is 0 Å². The van der Waals surface area contributed by atoms with Gasteiger partial charge in [-0.2, -0.15) is 0 Å². The van der Waals surface area contributed by atoms with Crippen LogP contribution in [0.15, 0.2) is 41.0 Å². The maximum atomic E-state index is 5.62. The standard InChI is InChI=1S/C15H17N3O/c1-15(2,3)11-8-12(19-10-11)9-18-14-7-5-4-6-13(14)16-17-18/h4-8,10H,9H2,1-3H3. The molecule has 0 saturated carbocycles. The maximum Gasteiger partial charge on any atom is 0.125 e. The van der Waals surface area contributed by atoms with Crippen molar-refractivity contribution < 1.29 is 4.42 Å². The van der Waals surface area contributed by atoms with Gasteiger partial charge in [0.05, 0.1) is 11.8 Å². The summed E-state index contributed by atoms with van der Waals surface area (Å²) in [6.45, 7) is 7.13. The van der Waals surface area contributed by atoms with E-state index in [2.05, 4.69) is 37.1 Å². The molecule has 0 aliphatic carbocycles. The van der Waals surface area contributed by atoms with Crippen LogP contribution in [-0.4, -0.2) is 15.0 Å². The van der Waals surface area contributed by atoms with E-state index in [4.69, 9.17) is 4.42 Å². The summed E-state index contributed by atoms with van der Waals surface area (Å²) >= 11 is 0. The minimum Gasteiger partial charge on any atom is -0.467 e. The molecule has 0 bridgehead atoms. The number of hydrogen-bond acceptors (Lipinski definition) is 3. The summed E-state index contributed by atoms with van der Waals surface area (Å²) in [7, 11) is 0. The van der Waals surface area contributed by atoms with E-state index >= 15 is 0 Å². The van der Waals surface area contributed by atoms with Crippen molar-refractivity contribution in [1.82, 2.24) is 15.0 Å². The third kappa shape index (κ3) is 2.26. The number of fused-ring (bicyclic) bond motifs is 1. The van der Waals surface area contributed by atoms with E-state index in [1.54, 1.807) is 0 Å². The Hall–Kier alpha value is -2.10. The third-order valence-corrected chi connectivity index (χ3v) is 3.25. The largest absolute Gasteiger partial charge is 0.467 e. The van der Waals surface area contributed by atoms with Crippen molar-refractivity contribution in [2.24, 2.45) is 0 Å². The molecule has 19 heavy (non-hydrogen) atoms. The zero-order valence-corrected chi connectivity index (χ0v) is 11.4. The zero-order chi connectivity index (χ0) is 13.5. The molecule has 2 heterocycles. The minimum absolute atomic E-state index is 0.103. The number of rotatable bonds is 2. The minimum atomic E-state index is 0.103. The summed E-state index contributed by atoms with van der Waals surface area (Å²) in [6, 6.07) is 10.0. The van der Waals surface area contributed by atoms with Crippen LogP contribution < -0.4 is 0 Å². The van der Waals surface area contributed by atoms with E-state index in [-0.39, 0.29) is 5.41 Å². The molecule has 0 aliphatic heterocycles. The van der Waals surface area contributed by atoms with Crippen molar-refractivity contribution in [2.75, 3.05) is 0 Å². The van der Waals surface area contributed by atoms with Gasteiger partial charge in [-0.25, -0.2) is 4.68 Å². The molecule has 0 radical (unpaired) electrons. The van der Waals surface area contributed by atoms with Crippen molar-refractivity contribution in [3.8, 4) is 0 Å². The van der Waals surface area contributed by atoms with Gasteiger partial charge < -0.3 is 4.42 Å². The highest BCUT2D eigenvalue weighted by atomic mass is 16.3. The lowest BCUT2D eigenvalue weighted by Gasteiger charge is -2.14. The van der Waals surface area contributed by atoms with Crippen LogP contribution in [0.1, 0.15) is 32.1 Å². The van der Waals surface area contributed by atoms with Gasteiger partial charge in [-0.15, -0.1) is 5.10 Å². The van der Waals surface area contributed by atoms with Gasteiger partial charge in [-0.1, -0.05) is 38.1 Å². The molecule has 0 atom stereocenters. The van der Waals surface area contributed by atoms with Crippen LogP contribution in [0.4, 0.5) is 0 Å². The summed E-state index contributed by atoms with van der Waals surface area (Å²) < 4.78 is 7.49. The Kier molecular flexibility index (Phi) is 2.66. The molecule has 98 valence electrons. The average molecular weight is 255 g/mol. The number of para-hydroxylation sites is 1. The number of aromatic nitrogens is 3. The van der Waals surface area contributed by atoms with E-state index in [1.165, 1.54) is 5.56 Å². The van der Waals surface area contributed by atoms with Crippen LogP contribution >= 0.6 is 0 Å². The summed E-state index contributed by atoms with van der Waals surface area (Å²) in [5.74, 6) is 0.903. The van der Waals surface area contributed by atoms with Crippen molar-refractivity contribution in [1.29, 1.82) is 0 Å². The van der Waals surface area contributed by atoms with Crippen LogP contribution in [0.3, 0.4) is 0 Å². The highest BCUT2D eigenvalue weighted by molar-refractivity contribution is 5.73. The predicted octanol–water partition coefficient (Wildman–Crippen LogP) is 3.37.